The lowest BCUT2D eigenvalue weighted by Gasteiger charge is -2.19. The molecule has 0 saturated heterocycles. The van der Waals surface area contributed by atoms with Gasteiger partial charge in [0.2, 0.25) is 6.79 Å². The van der Waals surface area contributed by atoms with E-state index in [4.69, 9.17) is 9.47 Å². The highest BCUT2D eigenvalue weighted by Crippen LogP contribution is 2.42. The third-order valence-corrected chi connectivity index (χ3v) is 4.57. The molecule has 0 unspecified atom stereocenters. The molecule has 4 heteroatoms. The van der Waals surface area contributed by atoms with Crippen LogP contribution in [0.15, 0.2) is 48.7 Å². The maximum Gasteiger partial charge on any atom is 0.231 e. The molecule has 0 fully saturated rings. The second kappa shape index (κ2) is 4.62. The average Bonchev–Trinajstić information content (AvgIpc) is 3.19. The van der Waals surface area contributed by atoms with Crippen molar-refractivity contribution in [2.45, 2.75) is 13.0 Å². The van der Waals surface area contributed by atoms with Crippen molar-refractivity contribution in [2.24, 2.45) is 0 Å². The Hall–Kier alpha value is -2.75. The highest BCUT2D eigenvalue weighted by atomic mass is 19.1. The van der Waals surface area contributed by atoms with E-state index in [0.29, 0.717) is 6.79 Å². The fourth-order valence-corrected chi connectivity index (χ4v) is 3.39. The summed E-state index contributed by atoms with van der Waals surface area (Å²) in [6, 6.07) is 12.9. The van der Waals surface area contributed by atoms with Gasteiger partial charge in [-0.3, -0.25) is 0 Å². The van der Waals surface area contributed by atoms with E-state index in [9.17, 15) is 4.39 Å². The monoisotopic (exact) mass is 307 g/mol. The minimum atomic E-state index is -0.212. The molecule has 2 aromatic carbocycles. The van der Waals surface area contributed by atoms with E-state index >= 15 is 0 Å². The molecule has 3 nitrogen and oxygen atoms in total. The Bertz CT molecular complexity index is 912. The van der Waals surface area contributed by atoms with E-state index < -0.39 is 0 Å². The molecule has 0 aliphatic carbocycles. The van der Waals surface area contributed by atoms with Gasteiger partial charge in [-0.05, 0) is 53.4 Å². The fourth-order valence-electron chi connectivity index (χ4n) is 3.39. The number of hydrogen-bond acceptors (Lipinski definition) is 2. The molecule has 1 aromatic heterocycles. The topological polar surface area (TPSA) is 23.4 Å². The van der Waals surface area contributed by atoms with Gasteiger partial charge in [-0.1, -0.05) is 12.1 Å². The van der Waals surface area contributed by atoms with Crippen LogP contribution in [0, 0.1) is 5.82 Å². The smallest absolute Gasteiger partial charge is 0.231 e. The van der Waals surface area contributed by atoms with Crippen molar-refractivity contribution in [1.82, 2.24) is 4.57 Å². The first-order valence-corrected chi connectivity index (χ1v) is 7.67. The summed E-state index contributed by atoms with van der Waals surface area (Å²) < 4.78 is 26.4. The van der Waals surface area contributed by atoms with Crippen molar-refractivity contribution < 1.29 is 13.9 Å². The third kappa shape index (κ3) is 1.95. The van der Waals surface area contributed by atoms with E-state index in [2.05, 4.69) is 29.0 Å². The first-order chi connectivity index (χ1) is 11.3. The molecule has 23 heavy (non-hydrogen) atoms. The molecular weight excluding hydrogens is 293 g/mol. The van der Waals surface area contributed by atoms with E-state index in [1.54, 1.807) is 0 Å². The first kappa shape index (κ1) is 12.8. The Morgan fingerprint density at radius 1 is 0.913 bits per heavy atom. The summed E-state index contributed by atoms with van der Waals surface area (Å²) in [4.78, 5) is 0. The predicted molar refractivity (Wildman–Crippen MR) is 85.1 cm³/mol. The zero-order valence-corrected chi connectivity index (χ0v) is 12.4. The Morgan fingerprint density at radius 2 is 1.70 bits per heavy atom. The largest absolute Gasteiger partial charge is 0.454 e. The van der Waals surface area contributed by atoms with Crippen LogP contribution in [0.5, 0.6) is 11.5 Å². The molecule has 0 bridgehead atoms. The van der Waals surface area contributed by atoms with Crippen LogP contribution in [0.25, 0.3) is 22.4 Å². The van der Waals surface area contributed by atoms with Crippen molar-refractivity contribution in [1.29, 1.82) is 0 Å². The van der Waals surface area contributed by atoms with Gasteiger partial charge >= 0.3 is 0 Å². The number of ether oxygens (including phenoxy) is 2. The number of nitrogens with zero attached hydrogens (tertiary/aromatic N) is 1. The Labute approximate surface area is 132 Å². The lowest BCUT2D eigenvalue weighted by Crippen LogP contribution is -2.09. The van der Waals surface area contributed by atoms with Gasteiger partial charge < -0.3 is 14.0 Å². The molecule has 3 heterocycles. The van der Waals surface area contributed by atoms with Gasteiger partial charge in [0, 0.05) is 24.0 Å². The Morgan fingerprint density at radius 3 is 2.52 bits per heavy atom. The normalized spacial score (nSPS) is 14.5. The SMILES string of the molecule is Fc1ccc(-c2cc3n(c2)CCc2cc4c(cc2-3)OCO4)cc1. The summed E-state index contributed by atoms with van der Waals surface area (Å²) in [5.74, 6) is 1.43. The summed E-state index contributed by atoms with van der Waals surface area (Å²) in [5.41, 5.74) is 5.77. The Balaban J connectivity index is 1.64. The molecule has 0 atom stereocenters. The number of aryl methyl sites for hydroxylation is 2. The van der Waals surface area contributed by atoms with E-state index in [1.165, 1.54) is 29.0 Å². The second-order valence-electron chi connectivity index (χ2n) is 5.93. The lowest BCUT2D eigenvalue weighted by atomic mass is 9.97. The molecule has 0 N–H and O–H groups in total. The maximum atomic E-state index is 13.1. The molecular formula is C19H14FNO2. The van der Waals surface area contributed by atoms with Crippen molar-refractivity contribution in [3.63, 3.8) is 0 Å². The van der Waals surface area contributed by atoms with Crippen LogP contribution >= 0.6 is 0 Å². The zero-order chi connectivity index (χ0) is 15.4. The summed E-state index contributed by atoms with van der Waals surface area (Å²) >= 11 is 0. The van der Waals surface area contributed by atoms with Crippen LogP contribution in [0.2, 0.25) is 0 Å². The molecule has 114 valence electrons. The van der Waals surface area contributed by atoms with Crippen LogP contribution < -0.4 is 9.47 Å². The van der Waals surface area contributed by atoms with Crippen LogP contribution in [-0.4, -0.2) is 11.4 Å². The summed E-state index contributed by atoms with van der Waals surface area (Å²) in [6.45, 7) is 1.23. The average molecular weight is 307 g/mol. The fraction of sp³-hybridized carbons (Fsp3) is 0.158. The number of aromatic nitrogens is 1. The summed E-state index contributed by atoms with van der Waals surface area (Å²) in [6.07, 6.45) is 3.10. The van der Waals surface area contributed by atoms with Crippen LogP contribution in [0.3, 0.4) is 0 Å². The van der Waals surface area contributed by atoms with E-state index in [1.807, 2.05) is 12.1 Å². The van der Waals surface area contributed by atoms with Gasteiger partial charge in [0.05, 0.1) is 0 Å². The van der Waals surface area contributed by atoms with Gasteiger partial charge in [-0.15, -0.1) is 0 Å². The van der Waals surface area contributed by atoms with Gasteiger partial charge in [0.1, 0.15) is 5.82 Å². The second-order valence-corrected chi connectivity index (χ2v) is 5.93. The first-order valence-electron chi connectivity index (χ1n) is 7.67. The number of rotatable bonds is 1. The maximum absolute atomic E-state index is 13.1. The predicted octanol–water partition coefficient (Wildman–Crippen LogP) is 4.25. The number of halogens is 1. The molecule has 0 saturated carbocycles. The highest BCUT2D eigenvalue weighted by molar-refractivity contribution is 5.76. The van der Waals surface area contributed by atoms with Crippen molar-refractivity contribution in [3.05, 3.63) is 60.0 Å². The highest BCUT2D eigenvalue weighted by Gasteiger charge is 2.23. The number of benzene rings is 2. The van der Waals surface area contributed by atoms with Gasteiger partial charge in [-0.25, -0.2) is 4.39 Å². The standard InChI is InChI=1S/C19H14FNO2/c20-15-3-1-12(2-4-15)14-7-17-16-9-19-18(22-11-23-19)8-13(16)5-6-21(17)10-14/h1-4,7-10H,5-6,11H2. The number of fused-ring (bicyclic) bond motifs is 4. The molecule has 0 amide bonds. The molecule has 0 spiro atoms. The lowest BCUT2D eigenvalue weighted by molar-refractivity contribution is 0.174. The molecule has 2 aliphatic heterocycles. The summed E-state index contributed by atoms with van der Waals surface area (Å²) in [7, 11) is 0. The third-order valence-electron chi connectivity index (χ3n) is 4.57. The van der Waals surface area contributed by atoms with Crippen LogP contribution in [0.4, 0.5) is 4.39 Å². The van der Waals surface area contributed by atoms with Gasteiger partial charge in [-0.2, -0.15) is 0 Å². The van der Waals surface area contributed by atoms with E-state index in [-0.39, 0.29) is 5.82 Å². The molecule has 0 radical (unpaired) electrons. The van der Waals surface area contributed by atoms with Crippen LogP contribution in [-0.2, 0) is 13.0 Å². The number of hydrogen-bond donors (Lipinski definition) is 0. The van der Waals surface area contributed by atoms with Crippen LogP contribution in [0.1, 0.15) is 5.56 Å². The Kier molecular flexibility index (Phi) is 2.56. The van der Waals surface area contributed by atoms with Gasteiger partial charge in [0.15, 0.2) is 11.5 Å². The van der Waals surface area contributed by atoms with Crippen molar-refractivity contribution >= 4 is 0 Å². The molecule has 5 rings (SSSR count). The molecule has 2 aliphatic rings. The van der Waals surface area contributed by atoms with Crippen molar-refractivity contribution in [2.75, 3.05) is 6.79 Å². The molecule has 3 aromatic rings. The minimum Gasteiger partial charge on any atom is -0.454 e. The minimum absolute atomic E-state index is 0.212. The zero-order valence-electron chi connectivity index (χ0n) is 12.4. The summed E-state index contributed by atoms with van der Waals surface area (Å²) in [5, 5.41) is 0. The van der Waals surface area contributed by atoms with Gasteiger partial charge in [0.25, 0.3) is 0 Å². The van der Waals surface area contributed by atoms with Crippen molar-refractivity contribution in [3.8, 4) is 33.9 Å². The van der Waals surface area contributed by atoms with E-state index in [0.717, 1.165) is 35.6 Å². The quantitative estimate of drug-likeness (QED) is 0.671.